The fraction of sp³-hybridized carbons (Fsp3) is 0.0833. The van der Waals surface area contributed by atoms with Gasteiger partial charge in [0.05, 0.1) is 5.69 Å². The van der Waals surface area contributed by atoms with Gasteiger partial charge in [0.15, 0.2) is 0 Å². The third kappa shape index (κ3) is 1.86. The molecule has 2 aromatic rings. The Labute approximate surface area is 91.7 Å². The Morgan fingerprint density at radius 2 is 1.88 bits per heavy atom. The number of hydrogen-bond donors (Lipinski definition) is 1. The Balaban J connectivity index is 2.60. The molecule has 0 atom stereocenters. The van der Waals surface area contributed by atoms with Crippen LogP contribution < -0.4 is 5.73 Å². The van der Waals surface area contributed by atoms with Crippen molar-refractivity contribution in [3.63, 3.8) is 0 Å². The second-order valence-corrected chi connectivity index (χ2v) is 3.53. The van der Waals surface area contributed by atoms with Gasteiger partial charge in [-0.1, -0.05) is 6.07 Å². The van der Waals surface area contributed by atoms with Crippen LogP contribution >= 0.6 is 0 Å². The number of aromatic nitrogens is 1. The third-order valence-corrected chi connectivity index (χ3v) is 2.29. The number of benzene rings is 1. The fourth-order valence-electron chi connectivity index (χ4n) is 1.44. The van der Waals surface area contributed by atoms with Gasteiger partial charge in [-0.15, -0.1) is 0 Å². The Bertz CT molecular complexity index is 539. The standard InChI is InChI=1S/C12H10F2N2/c1-7-5-10(14)8(6-9(7)13)11-3-2-4-12(15)16-11/h2-6H,1H3,(H2,15,16). The van der Waals surface area contributed by atoms with Crippen LogP contribution in [0.2, 0.25) is 0 Å². The van der Waals surface area contributed by atoms with E-state index in [-0.39, 0.29) is 16.9 Å². The maximum atomic E-state index is 13.6. The zero-order chi connectivity index (χ0) is 11.7. The van der Waals surface area contributed by atoms with Crippen molar-refractivity contribution >= 4 is 5.82 Å². The van der Waals surface area contributed by atoms with Crippen molar-refractivity contribution in [2.45, 2.75) is 6.92 Å². The summed E-state index contributed by atoms with van der Waals surface area (Å²) in [6.45, 7) is 1.51. The van der Waals surface area contributed by atoms with Gasteiger partial charge in [0.1, 0.15) is 17.5 Å². The van der Waals surface area contributed by atoms with E-state index in [1.54, 1.807) is 18.2 Å². The second kappa shape index (κ2) is 3.89. The van der Waals surface area contributed by atoms with Crippen LogP contribution in [0.5, 0.6) is 0 Å². The molecule has 0 aliphatic carbocycles. The van der Waals surface area contributed by atoms with Gasteiger partial charge in [-0.2, -0.15) is 0 Å². The van der Waals surface area contributed by atoms with Crippen molar-refractivity contribution in [1.29, 1.82) is 0 Å². The van der Waals surface area contributed by atoms with Gasteiger partial charge in [0.25, 0.3) is 0 Å². The van der Waals surface area contributed by atoms with Crippen molar-refractivity contribution < 1.29 is 8.78 Å². The summed E-state index contributed by atoms with van der Waals surface area (Å²) in [4.78, 5) is 3.95. The summed E-state index contributed by atoms with van der Waals surface area (Å²) in [6, 6.07) is 7.10. The Morgan fingerprint density at radius 1 is 1.12 bits per heavy atom. The van der Waals surface area contributed by atoms with Gasteiger partial charge in [-0.25, -0.2) is 13.8 Å². The highest BCUT2D eigenvalue weighted by molar-refractivity contribution is 5.62. The summed E-state index contributed by atoms with van der Waals surface area (Å²) in [5, 5.41) is 0. The molecule has 0 unspecified atom stereocenters. The lowest BCUT2D eigenvalue weighted by Crippen LogP contribution is -1.95. The molecular weight excluding hydrogens is 210 g/mol. The van der Waals surface area contributed by atoms with Gasteiger partial charge >= 0.3 is 0 Å². The molecule has 2 rings (SSSR count). The van der Waals surface area contributed by atoms with Crippen LogP contribution in [0.25, 0.3) is 11.3 Å². The quantitative estimate of drug-likeness (QED) is 0.802. The molecule has 0 bridgehead atoms. The van der Waals surface area contributed by atoms with Crippen molar-refractivity contribution in [3.05, 3.63) is 47.5 Å². The molecule has 1 aromatic heterocycles. The lowest BCUT2D eigenvalue weighted by Gasteiger charge is -2.05. The molecule has 0 aliphatic heterocycles. The summed E-state index contributed by atoms with van der Waals surface area (Å²) in [5.41, 5.74) is 6.21. The van der Waals surface area contributed by atoms with Crippen LogP contribution in [0.1, 0.15) is 5.56 Å². The number of nitrogens with zero attached hydrogens (tertiary/aromatic N) is 1. The smallest absolute Gasteiger partial charge is 0.133 e. The molecule has 2 N–H and O–H groups in total. The zero-order valence-corrected chi connectivity index (χ0v) is 8.67. The lowest BCUT2D eigenvalue weighted by molar-refractivity contribution is 0.595. The van der Waals surface area contributed by atoms with Crippen LogP contribution in [0, 0.1) is 18.6 Å². The molecule has 0 amide bonds. The number of nitrogens with two attached hydrogens (primary N) is 1. The molecule has 0 radical (unpaired) electrons. The van der Waals surface area contributed by atoms with E-state index in [1.165, 1.54) is 6.92 Å². The number of nitrogen functional groups attached to an aromatic ring is 1. The Morgan fingerprint density at radius 3 is 2.56 bits per heavy atom. The molecule has 0 saturated carbocycles. The maximum Gasteiger partial charge on any atom is 0.133 e. The minimum absolute atomic E-state index is 0.121. The molecule has 1 aromatic carbocycles. The molecule has 2 nitrogen and oxygen atoms in total. The average molecular weight is 220 g/mol. The van der Waals surface area contributed by atoms with Crippen molar-refractivity contribution in [1.82, 2.24) is 4.98 Å². The lowest BCUT2D eigenvalue weighted by atomic mass is 10.1. The predicted molar refractivity (Wildman–Crippen MR) is 58.7 cm³/mol. The number of halogens is 2. The first-order valence-corrected chi connectivity index (χ1v) is 4.76. The van der Waals surface area contributed by atoms with Crippen molar-refractivity contribution in [3.8, 4) is 11.3 Å². The van der Waals surface area contributed by atoms with E-state index >= 15 is 0 Å². The molecule has 0 saturated heterocycles. The Kier molecular flexibility index (Phi) is 2.56. The first-order chi connectivity index (χ1) is 7.58. The fourth-order valence-corrected chi connectivity index (χ4v) is 1.44. The van der Waals surface area contributed by atoms with Gasteiger partial charge in [-0.3, -0.25) is 0 Å². The SMILES string of the molecule is Cc1cc(F)c(-c2cccc(N)n2)cc1F. The highest BCUT2D eigenvalue weighted by Gasteiger charge is 2.10. The summed E-state index contributed by atoms with van der Waals surface area (Å²) in [6.07, 6.45) is 0. The van der Waals surface area contributed by atoms with Gasteiger partial charge < -0.3 is 5.73 Å². The highest BCUT2D eigenvalue weighted by atomic mass is 19.1. The highest BCUT2D eigenvalue weighted by Crippen LogP contribution is 2.24. The van der Waals surface area contributed by atoms with E-state index in [2.05, 4.69) is 4.98 Å². The molecule has 0 spiro atoms. The largest absolute Gasteiger partial charge is 0.384 e. The summed E-state index contributed by atoms with van der Waals surface area (Å²) in [7, 11) is 0. The number of anilines is 1. The topological polar surface area (TPSA) is 38.9 Å². The molecule has 16 heavy (non-hydrogen) atoms. The maximum absolute atomic E-state index is 13.6. The van der Waals surface area contributed by atoms with E-state index in [9.17, 15) is 8.78 Å². The predicted octanol–water partition coefficient (Wildman–Crippen LogP) is 2.92. The number of pyridine rings is 1. The Hall–Kier alpha value is -1.97. The van der Waals surface area contributed by atoms with Gasteiger partial charge in [-0.05, 0) is 36.8 Å². The monoisotopic (exact) mass is 220 g/mol. The molecule has 4 heteroatoms. The molecule has 0 aliphatic rings. The molecule has 0 fully saturated rings. The normalized spacial score (nSPS) is 10.4. The molecule has 1 heterocycles. The van der Waals surface area contributed by atoms with Crippen molar-refractivity contribution in [2.75, 3.05) is 5.73 Å². The summed E-state index contributed by atoms with van der Waals surface area (Å²) >= 11 is 0. The minimum atomic E-state index is -0.503. The molecule has 82 valence electrons. The van der Waals surface area contributed by atoms with Crippen LogP contribution in [0.4, 0.5) is 14.6 Å². The van der Waals surface area contributed by atoms with Crippen LogP contribution in [-0.2, 0) is 0 Å². The van der Waals surface area contributed by atoms with E-state index in [0.717, 1.165) is 12.1 Å². The first kappa shape index (κ1) is 10.5. The molecular formula is C12H10F2N2. The zero-order valence-electron chi connectivity index (χ0n) is 8.67. The van der Waals surface area contributed by atoms with Crippen LogP contribution in [-0.4, -0.2) is 4.98 Å². The average Bonchev–Trinajstić information content (AvgIpc) is 2.23. The van der Waals surface area contributed by atoms with Crippen LogP contribution in [0.15, 0.2) is 30.3 Å². The minimum Gasteiger partial charge on any atom is -0.384 e. The van der Waals surface area contributed by atoms with Gasteiger partial charge in [0.2, 0.25) is 0 Å². The number of hydrogen-bond acceptors (Lipinski definition) is 2. The first-order valence-electron chi connectivity index (χ1n) is 4.76. The van der Waals surface area contributed by atoms with Crippen molar-refractivity contribution in [2.24, 2.45) is 0 Å². The van der Waals surface area contributed by atoms with Crippen LogP contribution in [0.3, 0.4) is 0 Å². The third-order valence-electron chi connectivity index (χ3n) is 2.29. The van der Waals surface area contributed by atoms with E-state index in [0.29, 0.717) is 5.69 Å². The van der Waals surface area contributed by atoms with E-state index in [1.807, 2.05) is 0 Å². The van der Waals surface area contributed by atoms with Gasteiger partial charge in [0, 0.05) is 5.56 Å². The van der Waals surface area contributed by atoms with E-state index < -0.39 is 11.6 Å². The summed E-state index contributed by atoms with van der Waals surface area (Å²) < 4.78 is 26.9. The number of rotatable bonds is 1. The number of aryl methyl sites for hydroxylation is 1. The second-order valence-electron chi connectivity index (χ2n) is 3.53. The van der Waals surface area contributed by atoms with E-state index in [4.69, 9.17) is 5.73 Å². The summed E-state index contributed by atoms with van der Waals surface area (Å²) in [5.74, 6) is -0.685.